The van der Waals surface area contributed by atoms with Gasteiger partial charge in [-0.2, -0.15) is 5.10 Å². The van der Waals surface area contributed by atoms with Crippen molar-refractivity contribution in [1.82, 2.24) is 14.7 Å². The van der Waals surface area contributed by atoms with Crippen molar-refractivity contribution in [2.24, 2.45) is 7.05 Å². The second-order valence-corrected chi connectivity index (χ2v) is 7.01. The molecule has 0 unspecified atom stereocenters. The molecule has 0 saturated heterocycles. The minimum atomic E-state index is -0.232. The maximum absolute atomic E-state index is 12.6. The number of ether oxygens (including phenoxy) is 1. The van der Waals surface area contributed by atoms with E-state index in [0.29, 0.717) is 17.3 Å². The summed E-state index contributed by atoms with van der Waals surface area (Å²) >= 11 is 6.10. The van der Waals surface area contributed by atoms with Crippen LogP contribution in [0.1, 0.15) is 33.1 Å². The number of furan rings is 1. The van der Waals surface area contributed by atoms with E-state index in [-0.39, 0.29) is 18.3 Å². The third-order valence-corrected chi connectivity index (χ3v) is 4.51. The molecular formula is C20H22ClN3O3. The van der Waals surface area contributed by atoms with Gasteiger partial charge in [0.1, 0.15) is 18.1 Å². The molecule has 3 aromatic rings. The highest BCUT2D eigenvalue weighted by atomic mass is 35.5. The summed E-state index contributed by atoms with van der Waals surface area (Å²) in [5.74, 6) is 1.39. The maximum atomic E-state index is 12.6. The molecule has 142 valence electrons. The molecule has 0 spiro atoms. The first-order valence-electron chi connectivity index (χ1n) is 8.55. The van der Waals surface area contributed by atoms with Crippen LogP contribution in [0, 0.1) is 13.8 Å². The molecule has 0 aliphatic carbocycles. The topological polar surface area (TPSA) is 60.5 Å². The summed E-state index contributed by atoms with van der Waals surface area (Å²) in [7, 11) is 3.48. The molecule has 2 aromatic heterocycles. The normalized spacial score (nSPS) is 10.9. The van der Waals surface area contributed by atoms with Crippen LogP contribution in [0.2, 0.25) is 5.02 Å². The van der Waals surface area contributed by atoms with Gasteiger partial charge in [-0.05, 0) is 49.2 Å². The van der Waals surface area contributed by atoms with E-state index in [1.165, 1.54) is 4.90 Å². The van der Waals surface area contributed by atoms with Crippen LogP contribution in [0.25, 0.3) is 0 Å². The Hall–Kier alpha value is -2.73. The Bertz CT molecular complexity index is 922. The molecule has 7 heteroatoms. The lowest BCUT2D eigenvalue weighted by Crippen LogP contribution is -2.27. The highest BCUT2D eigenvalue weighted by Crippen LogP contribution is 2.20. The molecule has 0 aliphatic rings. The fraction of sp³-hybridized carbons (Fsp3) is 0.300. The zero-order chi connectivity index (χ0) is 19.6. The predicted octanol–water partition coefficient (Wildman–Crippen LogP) is 4.13. The number of aromatic nitrogens is 2. The Morgan fingerprint density at radius 2 is 1.96 bits per heavy atom. The number of carbonyl (C=O) groups excluding carboxylic acids is 1. The first-order chi connectivity index (χ1) is 12.8. The molecule has 0 N–H and O–H groups in total. The lowest BCUT2D eigenvalue weighted by molar-refractivity contribution is 0.0746. The smallest absolute Gasteiger partial charge is 0.289 e. The molecule has 1 aromatic carbocycles. The Balaban J connectivity index is 1.63. The molecular weight excluding hydrogens is 366 g/mol. The van der Waals surface area contributed by atoms with Crippen LogP contribution >= 0.6 is 11.6 Å². The Morgan fingerprint density at radius 3 is 2.59 bits per heavy atom. The molecule has 1 amide bonds. The van der Waals surface area contributed by atoms with Crippen molar-refractivity contribution in [3.8, 4) is 5.75 Å². The highest BCUT2D eigenvalue weighted by Gasteiger charge is 2.19. The van der Waals surface area contributed by atoms with Crippen molar-refractivity contribution in [1.29, 1.82) is 0 Å². The minimum absolute atomic E-state index is 0.232. The maximum Gasteiger partial charge on any atom is 0.289 e. The Labute approximate surface area is 163 Å². The van der Waals surface area contributed by atoms with E-state index >= 15 is 0 Å². The standard InChI is InChI=1S/C20H22ClN3O3/c1-13-7-14(2)9-16(8-13)26-12-15-5-6-19(27-15)20(25)23(3)11-18-17(21)10-22-24(18)4/h5-10H,11-12H2,1-4H3. The molecule has 6 nitrogen and oxygen atoms in total. The average Bonchev–Trinajstić information content (AvgIpc) is 3.20. The third-order valence-electron chi connectivity index (χ3n) is 4.19. The summed E-state index contributed by atoms with van der Waals surface area (Å²) in [5.41, 5.74) is 3.03. The average molecular weight is 388 g/mol. The SMILES string of the molecule is Cc1cc(C)cc(OCc2ccc(C(=O)N(C)Cc3c(Cl)cnn3C)o2)c1. The fourth-order valence-electron chi connectivity index (χ4n) is 2.84. The molecule has 2 heterocycles. The fourth-order valence-corrected chi connectivity index (χ4v) is 3.07. The van der Waals surface area contributed by atoms with Gasteiger partial charge in [-0.25, -0.2) is 0 Å². The second-order valence-electron chi connectivity index (χ2n) is 6.60. The lowest BCUT2D eigenvalue weighted by atomic mass is 10.1. The van der Waals surface area contributed by atoms with Gasteiger partial charge in [-0.3, -0.25) is 9.48 Å². The molecule has 0 aliphatic heterocycles. The van der Waals surface area contributed by atoms with Crippen LogP contribution in [0.3, 0.4) is 0 Å². The van der Waals surface area contributed by atoms with Gasteiger partial charge >= 0.3 is 0 Å². The summed E-state index contributed by atoms with van der Waals surface area (Å²) in [6.45, 7) is 4.64. The third kappa shape index (κ3) is 4.52. The van der Waals surface area contributed by atoms with Crippen LogP contribution in [-0.4, -0.2) is 27.6 Å². The first-order valence-corrected chi connectivity index (χ1v) is 8.93. The van der Waals surface area contributed by atoms with Crippen molar-refractivity contribution in [3.05, 3.63) is 69.9 Å². The van der Waals surface area contributed by atoms with Crippen LogP contribution < -0.4 is 4.74 Å². The van der Waals surface area contributed by atoms with Gasteiger partial charge < -0.3 is 14.1 Å². The largest absolute Gasteiger partial charge is 0.486 e. The number of halogens is 1. The Kier molecular flexibility index (Phi) is 5.56. The Morgan fingerprint density at radius 1 is 1.26 bits per heavy atom. The molecule has 0 bridgehead atoms. The van der Waals surface area contributed by atoms with Gasteiger partial charge in [-0.1, -0.05) is 17.7 Å². The summed E-state index contributed by atoms with van der Waals surface area (Å²) < 4.78 is 13.1. The van der Waals surface area contributed by atoms with Crippen LogP contribution in [0.4, 0.5) is 0 Å². The van der Waals surface area contributed by atoms with E-state index in [1.54, 1.807) is 37.1 Å². The van der Waals surface area contributed by atoms with Crippen LogP contribution in [-0.2, 0) is 20.2 Å². The van der Waals surface area contributed by atoms with Gasteiger partial charge in [-0.15, -0.1) is 0 Å². The van der Waals surface area contributed by atoms with Gasteiger partial charge in [0.15, 0.2) is 5.76 Å². The van der Waals surface area contributed by atoms with Gasteiger partial charge in [0.2, 0.25) is 0 Å². The number of hydrogen-bond acceptors (Lipinski definition) is 4. The predicted molar refractivity (Wildman–Crippen MR) is 103 cm³/mol. The number of hydrogen-bond donors (Lipinski definition) is 0. The number of benzene rings is 1. The van der Waals surface area contributed by atoms with Crippen LogP contribution in [0.5, 0.6) is 5.75 Å². The number of rotatable bonds is 6. The molecule has 0 saturated carbocycles. The summed E-state index contributed by atoms with van der Waals surface area (Å²) in [4.78, 5) is 14.1. The number of amides is 1. The van der Waals surface area contributed by atoms with Crippen LogP contribution in [0.15, 0.2) is 40.9 Å². The van der Waals surface area contributed by atoms with Gasteiger partial charge in [0.05, 0.1) is 23.5 Å². The van der Waals surface area contributed by atoms with Crippen molar-refractivity contribution >= 4 is 17.5 Å². The minimum Gasteiger partial charge on any atom is -0.486 e. The molecule has 0 fully saturated rings. The van der Waals surface area contributed by atoms with Crippen molar-refractivity contribution in [3.63, 3.8) is 0 Å². The van der Waals surface area contributed by atoms with E-state index in [1.807, 2.05) is 26.0 Å². The highest BCUT2D eigenvalue weighted by molar-refractivity contribution is 6.31. The zero-order valence-corrected chi connectivity index (χ0v) is 16.6. The molecule has 0 atom stereocenters. The molecule has 0 radical (unpaired) electrons. The number of carbonyl (C=O) groups is 1. The van der Waals surface area contributed by atoms with E-state index in [9.17, 15) is 4.79 Å². The van der Waals surface area contributed by atoms with Crippen molar-refractivity contribution in [2.75, 3.05) is 7.05 Å². The summed E-state index contributed by atoms with van der Waals surface area (Å²) in [5, 5.41) is 4.60. The van der Waals surface area contributed by atoms with E-state index in [2.05, 4.69) is 11.2 Å². The monoisotopic (exact) mass is 387 g/mol. The summed E-state index contributed by atoms with van der Waals surface area (Å²) in [6.07, 6.45) is 1.56. The van der Waals surface area contributed by atoms with E-state index in [4.69, 9.17) is 20.8 Å². The van der Waals surface area contributed by atoms with Crippen molar-refractivity contribution in [2.45, 2.75) is 27.0 Å². The van der Waals surface area contributed by atoms with Gasteiger partial charge in [0.25, 0.3) is 5.91 Å². The first kappa shape index (κ1) is 19.0. The number of aryl methyl sites for hydroxylation is 3. The van der Waals surface area contributed by atoms with Gasteiger partial charge in [0, 0.05) is 14.1 Å². The number of nitrogens with zero attached hydrogens (tertiary/aromatic N) is 3. The lowest BCUT2D eigenvalue weighted by Gasteiger charge is -2.16. The van der Waals surface area contributed by atoms with E-state index < -0.39 is 0 Å². The quantitative estimate of drug-likeness (QED) is 0.638. The molecule has 27 heavy (non-hydrogen) atoms. The zero-order valence-electron chi connectivity index (χ0n) is 15.8. The summed E-state index contributed by atoms with van der Waals surface area (Å²) in [6, 6.07) is 9.42. The second kappa shape index (κ2) is 7.88. The molecule has 3 rings (SSSR count). The van der Waals surface area contributed by atoms with Crippen molar-refractivity contribution < 1.29 is 13.9 Å². The van der Waals surface area contributed by atoms with E-state index in [0.717, 1.165) is 22.6 Å².